The zero-order chi connectivity index (χ0) is 17.6. The molecule has 0 saturated heterocycles. The van der Waals surface area contributed by atoms with Crippen LogP contribution in [0.2, 0.25) is 10.0 Å². The Labute approximate surface area is 146 Å². The van der Waals surface area contributed by atoms with Crippen LogP contribution in [-0.4, -0.2) is 21.5 Å². The van der Waals surface area contributed by atoms with Crippen LogP contribution in [0.5, 0.6) is 5.75 Å². The largest absolute Gasteiger partial charge is 0.486 e. The summed E-state index contributed by atoms with van der Waals surface area (Å²) in [5.41, 5.74) is -0.211. The number of halogens is 2. The quantitative estimate of drug-likeness (QED) is 0.724. The summed E-state index contributed by atoms with van der Waals surface area (Å²) in [4.78, 5) is 36.5. The maximum atomic E-state index is 12.6. The first-order valence-corrected chi connectivity index (χ1v) is 7.69. The van der Waals surface area contributed by atoms with Crippen LogP contribution in [0, 0.1) is 0 Å². The van der Waals surface area contributed by atoms with E-state index in [0.717, 1.165) is 4.57 Å². The van der Waals surface area contributed by atoms with E-state index in [-0.39, 0.29) is 39.9 Å². The lowest BCUT2D eigenvalue weighted by atomic mass is 9.99. The third kappa shape index (κ3) is 2.68. The number of Topliss-reactive ketones (excluding diaryl/α,β-unsaturated/α-hetero) is 1. The number of hydrogen-bond donors (Lipinski definition) is 0. The number of rotatable bonds is 1. The molecule has 0 fully saturated rings. The SMILES string of the molecule is Cn1cc(/C=C2\COc3c(Cl)cc(Cl)cc3C2=O)c(=O)n(C)c1=O. The molecule has 3 rings (SSSR count). The van der Waals surface area contributed by atoms with Gasteiger partial charge in [0.2, 0.25) is 0 Å². The summed E-state index contributed by atoms with van der Waals surface area (Å²) in [6, 6.07) is 2.96. The van der Waals surface area contributed by atoms with E-state index >= 15 is 0 Å². The van der Waals surface area contributed by atoms with E-state index in [9.17, 15) is 14.4 Å². The second-order valence-electron chi connectivity index (χ2n) is 5.39. The van der Waals surface area contributed by atoms with Gasteiger partial charge in [0.25, 0.3) is 5.56 Å². The molecule has 0 spiro atoms. The molecule has 1 aromatic heterocycles. The van der Waals surface area contributed by atoms with Gasteiger partial charge in [0.15, 0.2) is 5.78 Å². The summed E-state index contributed by atoms with van der Waals surface area (Å²) in [5.74, 6) is -0.0480. The first kappa shape index (κ1) is 16.5. The second-order valence-corrected chi connectivity index (χ2v) is 6.24. The maximum Gasteiger partial charge on any atom is 0.330 e. The minimum atomic E-state index is -0.492. The topological polar surface area (TPSA) is 70.3 Å². The summed E-state index contributed by atoms with van der Waals surface area (Å²) in [7, 11) is 2.90. The molecule has 124 valence electrons. The number of benzene rings is 1. The van der Waals surface area contributed by atoms with Gasteiger partial charge < -0.3 is 9.30 Å². The molecule has 1 aromatic carbocycles. The van der Waals surface area contributed by atoms with Gasteiger partial charge >= 0.3 is 5.69 Å². The standard InChI is InChI=1S/C16H12Cl2N2O4/c1-19-6-8(15(22)20(2)16(19)23)3-9-7-24-14-11(13(9)21)4-10(17)5-12(14)18/h3-6H,7H2,1-2H3/b9-3+. The Bertz CT molecular complexity index is 1020. The molecule has 0 amide bonds. The van der Waals surface area contributed by atoms with Crippen molar-refractivity contribution < 1.29 is 9.53 Å². The Balaban J connectivity index is 2.13. The predicted molar refractivity (Wildman–Crippen MR) is 91.2 cm³/mol. The highest BCUT2D eigenvalue weighted by molar-refractivity contribution is 6.37. The molecule has 0 atom stereocenters. The summed E-state index contributed by atoms with van der Waals surface area (Å²) in [6.45, 7) is -0.0286. The Morgan fingerprint density at radius 3 is 2.58 bits per heavy atom. The molecule has 0 unspecified atom stereocenters. The van der Waals surface area contributed by atoms with Crippen LogP contribution in [0.1, 0.15) is 15.9 Å². The van der Waals surface area contributed by atoms with Crippen LogP contribution >= 0.6 is 23.2 Å². The lowest BCUT2D eigenvalue weighted by Gasteiger charge is -2.20. The smallest absolute Gasteiger partial charge is 0.330 e. The Morgan fingerprint density at radius 1 is 1.17 bits per heavy atom. The Morgan fingerprint density at radius 2 is 1.88 bits per heavy atom. The fourth-order valence-electron chi connectivity index (χ4n) is 2.49. The molecular weight excluding hydrogens is 355 g/mol. The fraction of sp³-hybridized carbons (Fsp3) is 0.188. The maximum absolute atomic E-state index is 12.6. The molecule has 0 bridgehead atoms. The number of ether oxygens (including phenoxy) is 1. The molecule has 2 aromatic rings. The van der Waals surface area contributed by atoms with Crippen LogP contribution in [0.25, 0.3) is 6.08 Å². The Hall–Kier alpha value is -2.31. The van der Waals surface area contributed by atoms with Gasteiger partial charge in [0.05, 0.1) is 16.1 Å². The predicted octanol–water partition coefficient (Wildman–Crippen LogP) is 2.05. The molecule has 0 saturated carbocycles. The number of aryl methyl sites for hydroxylation is 1. The number of aromatic nitrogens is 2. The van der Waals surface area contributed by atoms with Crippen molar-refractivity contribution in [2.24, 2.45) is 14.1 Å². The molecule has 24 heavy (non-hydrogen) atoms. The third-order valence-corrected chi connectivity index (χ3v) is 4.22. The molecule has 6 nitrogen and oxygen atoms in total. The summed E-state index contributed by atoms with van der Waals surface area (Å²) in [5, 5.41) is 0.567. The van der Waals surface area contributed by atoms with Crippen molar-refractivity contribution in [3.05, 3.63) is 65.9 Å². The summed E-state index contributed by atoms with van der Waals surface area (Å²) in [6.07, 6.45) is 2.80. The fourth-order valence-corrected chi connectivity index (χ4v) is 3.04. The molecular formula is C16H12Cl2N2O4. The van der Waals surface area contributed by atoms with Crippen molar-refractivity contribution in [1.82, 2.24) is 9.13 Å². The average molecular weight is 367 g/mol. The number of carbonyl (C=O) groups is 1. The molecule has 8 heteroatoms. The van der Waals surface area contributed by atoms with Gasteiger partial charge in [0, 0.05) is 30.9 Å². The van der Waals surface area contributed by atoms with E-state index in [1.54, 1.807) is 0 Å². The average Bonchev–Trinajstić information content (AvgIpc) is 2.53. The highest BCUT2D eigenvalue weighted by atomic mass is 35.5. The number of hydrogen-bond acceptors (Lipinski definition) is 4. The van der Waals surface area contributed by atoms with Crippen molar-refractivity contribution in [1.29, 1.82) is 0 Å². The normalized spacial score (nSPS) is 15.3. The summed E-state index contributed by atoms with van der Waals surface area (Å²) >= 11 is 12.0. The van der Waals surface area contributed by atoms with Crippen LogP contribution < -0.4 is 16.0 Å². The van der Waals surface area contributed by atoms with Crippen molar-refractivity contribution >= 4 is 35.1 Å². The number of nitrogens with zero attached hydrogens (tertiary/aromatic N) is 2. The number of carbonyl (C=O) groups excluding carboxylic acids is 1. The van der Waals surface area contributed by atoms with Gasteiger partial charge in [-0.2, -0.15) is 0 Å². The Kier molecular flexibility index (Phi) is 4.11. The second kappa shape index (κ2) is 5.96. The van der Waals surface area contributed by atoms with E-state index in [1.165, 1.54) is 43.1 Å². The zero-order valence-electron chi connectivity index (χ0n) is 12.8. The molecule has 2 heterocycles. The monoisotopic (exact) mass is 366 g/mol. The van der Waals surface area contributed by atoms with Crippen LogP contribution in [0.3, 0.4) is 0 Å². The van der Waals surface area contributed by atoms with Gasteiger partial charge in [-0.15, -0.1) is 0 Å². The van der Waals surface area contributed by atoms with Gasteiger partial charge in [-0.1, -0.05) is 23.2 Å². The highest BCUT2D eigenvalue weighted by Crippen LogP contribution is 2.36. The van der Waals surface area contributed by atoms with Gasteiger partial charge in [-0.25, -0.2) is 4.79 Å². The number of ketones is 1. The van der Waals surface area contributed by atoms with Crippen molar-refractivity contribution in [2.45, 2.75) is 0 Å². The number of fused-ring (bicyclic) bond motifs is 1. The molecule has 0 aliphatic carbocycles. The zero-order valence-corrected chi connectivity index (χ0v) is 14.3. The van der Waals surface area contributed by atoms with Crippen LogP contribution in [0.15, 0.2) is 33.5 Å². The van der Waals surface area contributed by atoms with E-state index < -0.39 is 11.2 Å². The van der Waals surface area contributed by atoms with Crippen molar-refractivity contribution in [3.8, 4) is 5.75 Å². The molecule has 1 aliphatic rings. The van der Waals surface area contributed by atoms with E-state index in [2.05, 4.69) is 0 Å². The lowest BCUT2D eigenvalue weighted by molar-refractivity contribution is 0.100. The lowest BCUT2D eigenvalue weighted by Crippen LogP contribution is -2.37. The molecule has 1 aliphatic heterocycles. The molecule has 0 N–H and O–H groups in total. The molecule has 0 radical (unpaired) electrons. The minimum absolute atomic E-state index is 0.0286. The highest BCUT2D eigenvalue weighted by Gasteiger charge is 2.26. The van der Waals surface area contributed by atoms with Gasteiger partial charge in [0.1, 0.15) is 12.4 Å². The van der Waals surface area contributed by atoms with Crippen LogP contribution in [-0.2, 0) is 14.1 Å². The first-order valence-electron chi connectivity index (χ1n) is 6.93. The van der Waals surface area contributed by atoms with Crippen molar-refractivity contribution in [2.75, 3.05) is 6.61 Å². The van der Waals surface area contributed by atoms with E-state index in [0.29, 0.717) is 5.02 Å². The van der Waals surface area contributed by atoms with E-state index in [4.69, 9.17) is 27.9 Å². The third-order valence-electron chi connectivity index (χ3n) is 3.72. The summed E-state index contributed by atoms with van der Waals surface area (Å²) < 4.78 is 7.77. The minimum Gasteiger partial charge on any atom is -0.486 e. The van der Waals surface area contributed by atoms with E-state index in [1.807, 2.05) is 0 Å². The first-order chi connectivity index (χ1) is 11.3. The van der Waals surface area contributed by atoms with Crippen molar-refractivity contribution in [3.63, 3.8) is 0 Å². The van der Waals surface area contributed by atoms with Crippen LogP contribution in [0.4, 0.5) is 0 Å². The van der Waals surface area contributed by atoms with Gasteiger partial charge in [-0.3, -0.25) is 14.2 Å². The van der Waals surface area contributed by atoms with Gasteiger partial charge in [-0.05, 0) is 18.2 Å².